The van der Waals surface area contributed by atoms with Crippen LogP contribution in [0.4, 0.5) is 0 Å². The van der Waals surface area contributed by atoms with Crippen molar-refractivity contribution in [3.8, 4) is 51.9 Å². The molecule has 0 amide bonds. The van der Waals surface area contributed by atoms with Crippen molar-refractivity contribution in [3.05, 3.63) is 71.4 Å². The van der Waals surface area contributed by atoms with Crippen molar-refractivity contribution in [1.82, 2.24) is 0 Å². The first-order valence-electron chi connectivity index (χ1n) is 16.5. The second kappa shape index (κ2) is 17.9. The summed E-state index contributed by atoms with van der Waals surface area (Å²) in [6.07, 6.45) is 15.0. The summed E-state index contributed by atoms with van der Waals surface area (Å²) < 4.78 is 13.3. The molecule has 1 aromatic carbocycles. The number of unbranched alkanes of at least 4 members (excludes halogenated alkanes) is 10. The van der Waals surface area contributed by atoms with Gasteiger partial charge in [-0.05, 0) is 72.1 Å². The molecule has 0 bridgehead atoms. The van der Waals surface area contributed by atoms with E-state index in [-0.39, 0.29) is 0 Å². The molecule has 44 heavy (non-hydrogen) atoms. The zero-order valence-electron chi connectivity index (χ0n) is 26.3. The molecule has 0 aliphatic heterocycles. The molecule has 0 N–H and O–H groups in total. The maximum absolute atomic E-state index is 6.64. The highest BCUT2D eigenvalue weighted by Crippen LogP contribution is 2.47. The minimum Gasteiger partial charge on any atom is -0.493 e. The monoisotopic (exact) mass is 662 g/mol. The van der Waals surface area contributed by atoms with Gasteiger partial charge in [0.2, 0.25) is 0 Å². The Bertz CT molecular complexity index is 1380. The van der Waals surface area contributed by atoms with Gasteiger partial charge < -0.3 is 9.47 Å². The van der Waals surface area contributed by atoms with Crippen LogP contribution < -0.4 is 9.47 Å². The van der Waals surface area contributed by atoms with E-state index >= 15 is 0 Å². The van der Waals surface area contributed by atoms with E-state index in [0.29, 0.717) is 0 Å². The smallest absolute Gasteiger partial charge is 0.128 e. The maximum atomic E-state index is 6.64. The van der Waals surface area contributed by atoms with Crippen LogP contribution >= 0.6 is 45.3 Å². The number of hydrogen-bond acceptors (Lipinski definition) is 6. The molecule has 2 nitrogen and oxygen atoms in total. The van der Waals surface area contributed by atoms with Crippen LogP contribution in [0.2, 0.25) is 0 Å². The van der Waals surface area contributed by atoms with Gasteiger partial charge >= 0.3 is 0 Å². The fourth-order valence-corrected chi connectivity index (χ4v) is 9.10. The summed E-state index contributed by atoms with van der Waals surface area (Å²) >= 11 is 7.27. The van der Waals surface area contributed by atoms with Gasteiger partial charge in [-0.25, -0.2) is 0 Å². The second-order valence-electron chi connectivity index (χ2n) is 11.4. The third-order valence-corrected chi connectivity index (χ3v) is 12.2. The van der Waals surface area contributed by atoms with Gasteiger partial charge in [-0.15, -0.1) is 45.3 Å². The van der Waals surface area contributed by atoms with E-state index in [2.05, 4.69) is 85.3 Å². The number of rotatable bonds is 20. The first-order valence-corrected chi connectivity index (χ1v) is 19.9. The quantitative estimate of drug-likeness (QED) is 0.0772. The lowest BCUT2D eigenvalue weighted by molar-refractivity contribution is 0.298. The SMILES string of the molecule is CCCCCCCCOc1cc(-c2ccc(-c3cccs3)s2)c(OCCCCCCCC)cc1-c1ccc(-c2cccs2)s1. The predicted molar refractivity (Wildman–Crippen MR) is 197 cm³/mol. The zero-order valence-corrected chi connectivity index (χ0v) is 29.5. The number of benzene rings is 1. The van der Waals surface area contributed by atoms with E-state index in [1.807, 2.05) is 22.7 Å². The highest BCUT2D eigenvalue weighted by molar-refractivity contribution is 7.23. The van der Waals surface area contributed by atoms with Crippen molar-refractivity contribution in [2.45, 2.75) is 90.9 Å². The third-order valence-electron chi connectivity index (χ3n) is 7.86. The lowest BCUT2D eigenvalue weighted by Crippen LogP contribution is -2.02. The largest absolute Gasteiger partial charge is 0.493 e. The number of thiophene rings is 4. The standard InChI is InChI=1S/C38H46O2S4/c1-3-5-7-9-11-13-23-39-31-27-30(34-20-22-38(44-34)36-18-16-26-42-36)32(40-24-14-12-10-8-6-4-2)28-29(31)33-19-21-37(43-33)35-17-15-25-41-35/h15-22,25-28H,3-14,23-24H2,1-2H3. The highest BCUT2D eigenvalue weighted by atomic mass is 32.1. The molecule has 0 saturated heterocycles. The number of hydrogen-bond donors (Lipinski definition) is 0. The van der Waals surface area contributed by atoms with Gasteiger partial charge in [0.15, 0.2) is 0 Å². The first-order chi connectivity index (χ1) is 21.8. The van der Waals surface area contributed by atoms with E-state index in [1.54, 1.807) is 22.7 Å². The molecular weight excluding hydrogens is 617 g/mol. The topological polar surface area (TPSA) is 18.5 Å². The Morgan fingerprint density at radius 1 is 0.455 bits per heavy atom. The van der Waals surface area contributed by atoms with Crippen LogP contribution in [0.5, 0.6) is 11.5 Å². The summed E-state index contributed by atoms with van der Waals surface area (Å²) in [5.41, 5.74) is 2.28. The molecule has 0 atom stereocenters. The first kappa shape index (κ1) is 33.0. The Labute approximate surface area is 280 Å². The molecule has 5 rings (SSSR count). The molecule has 0 fully saturated rings. The summed E-state index contributed by atoms with van der Waals surface area (Å²) in [4.78, 5) is 7.68. The molecule has 0 radical (unpaired) electrons. The third kappa shape index (κ3) is 9.32. The summed E-state index contributed by atoms with van der Waals surface area (Å²) in [6.45, 7) is 6.03. The van der Waals surface area contributed by atoms with Gasteiger partial charge in [-0.2, -0.15) is 0 Å². The van der Waals surface area contributed by atoms with Gasteiger partial charge in [0.05, 0.1) is 13.2 Å². The summed E-state index contributed by atoms with van der Waals surface area (Å²) in [5, 5.41) is 4.30. The van der Waals surface area contributed by atoms with E-state index in [1.165, 1.54) is 93.5 Å². The van der Waals surface area contributed by atoms with Crippen LogP contribution in [0.15, 0.2) is 71.4 Å². The van der Waals surface area contributed by atoms with Gasteiger partial charge in [0.25, 0.3) is 0 Å². The van der Waals surface area contributed by atoms with Gasteiger partial charge in [-0.3, -0.25) is 0 Å². The molecule has 4 aromatic heterocycles. The van der Waals surface area contributed by atoms with Crippen LogP contribution in [0.1, 0.15) is 90.9 Å². The van der Waals surface area contributed by atoms with Gasteiger partial charge in [0.1, 0.15) is 11.5 Å². The Kier molecular flexibility index (Phi) is 13.5. The lowest BCUT2D eigenvalue weighted by atomic mass is 10.1. The minimum absolute atomic E-state index is 0.741. The Balaban J connectivity index is 1.43. The zero-order chi connectivity index (χ0) is 30.4. The highest BCUT2D eigenvalue weighted by Gasteiger charge is 2.19. The Hall–Kier alpha value is -2.38. The molecule has 6 heteroatoms. The molecule has 5 aromatic rings. The number of ether oxygens (including phenoxy) is 2. The van der Waals surface area contributed by atoms with Crippen molar-refractivity contribution in [1.29, 1.82) is 0 Å². The predicted octanol–water partition coefficient (Wildman–Crippen LogP) is 14.1. The summed E-state index contributed by atoms with van der Waals surface area (Å²) in [6, 6.07) is 22.2. The van der Waals surface area contributed by atoms with Crippen molar-refractivity contribution >= 4 is 45.3 Å². The van der Waals surface area contributed by atoms with Crippen molar-refractivity contribution in [2.24, 2.45) is 0 Å². The van der Waals surface area contributed by atoms with Crippen LogP contribution in [-0.2, 0) is 0 Å². The van der Waals surface area contributed by atoms with Gasteiger partial charge in [0, 0.05) is 40.4 Å². The lowest BCUT2D eigenvalue weighted by Gasteiger charge is -2.17. The van der Waals surface area contributed by atoms with E-state index < -0.39 is 0 Å². The van der Waals surface area contributed by atoms with Crippen molar-refractivity contribution < 1.29 is 9.47 Å². The van der Waals surface area contributed by atoms with Crippen LogP contribution in [0, 0.1) is 0 Å². The van der Waals surface area contributed by atoms with Crippen molar-refractivity contribution in [3.63, 3.8) is 0 Å². The average molecular weight is 663 g/mol. The van der Waals surface area contributed by atoms with Gasteiger partial charge in [-0.1, -0.05) is 90.2 Å². The second-order valence-corrected chi connectivity index (χ2v) is 15.4. The minimum atomic E-state index is 0.741. The molecule has 0 spiro atoms. The molecule has 0 aliphatic carbocycles. The fraction of sp³-hybridized carbons (Fsp3) is 0.421. The summed E-state index contributed by atoms with van der Waals surface area (Å²) in [5.74, 6) is 1.93. The molecule has 0 unspecified atom stereocenters. The van der Waals surface area contributed by atoms with E-state index in [0.717, 1.165) is 48.7 Å². The Morgan fingerprint density at radius 3 is 1.27 bits per heavy atom. The van der Waals surface area contributed by atoms with E-state index in [9.17, 15) is 0 Å². The molecule has 0 aliphatic rings. The van der Waals surface area contributed by atoms with Crippen molar-refractivity contribution in [2.75, 3.05) is 13.2 Å². The fourth-order valence-electron chi connectivity index (χ4n) is 5.38. The van der Waals surface area contributed by atoms with E-state index in [4.69, 9.17) is 9.47 Å². The molecular formula is C38H46O2S4. The average Bonchev–Trinajstić information content (AvgIpc) is 3.87. The maximum Gasteiger partial charge on any atom is 0.128 e. The van der Waals surface area contributed by atoms with Crippen LogP contribution in [0.3, 0.4) is 0 Å². The Morgan fingerprint density at radius 2 is 0.864 bits per heavy atom. The summed E-state index contributed by atoms with van der Waals surface area (Å²) in [7, 11) is 0. The molecule has 234 valence electrons. The van der Waals surface area contributed by atoms with Crippen LogP contribution in [0.25, 0.3) is 40.4 Å². The molecule has 0 saturated carbocycles. The molecule has 4 heterocycles. The normalized spacial score (nSPS) is 11.3. The van der Waals surface area contributed by atoms with Crippen LogP contribution in [-0.4, -0.2) is 13.2 Å².